The molecule has 0 unspecified atom stereocenters. The first-order valence-electron chi connectivity index (χ1n) is 8.27. The van der Waals surface area contributed by atoms with E-state index in [-0.39, 0.29) is 5.97 Å². The Bertz CT molecular complexity index is 722. The molecule has 2 aromatic rings. The van der Waals surface area contributed by atoms with Crippen molar-refractivity contribution in [3.05, 3.63) is 52.2 Å². The Morgan fingerprint density at radius 2 is 2.20 bits per heavy atom. The molecule has 0 spiro atoms. The van der Waals surface area contributed by atoms with Crippen molar-refractivity contribution >= 4 is 34.8 Å². The predicted octanol–water partition coefficient (Wildman–Crippen LogP) is 3.50. The van der Waals surface area contributed by atoms with Gasteiger partial charge in [0.2, 0.25) is 0 Å². The van der Waals surface area contributed by atoms with Crippen molar-refractivity contribution < 1.29 is 14.3 Å². The van der Waals surface area contributed by atoms with Crippen LogP contribution in [0.3, 0.4) is 0 Å². The van der Waals surface area contributed by atoms with E-state index in [0.29, 0.717) is 25.3 Å². The lowest BCUT2D eigenvalue weighted by Crippen LogP contribution is -2.37. The summed E-state index contributed by atoms with van der Waals surface area (Å²) in [4.78, 5) is 15.6. The van der Waals surface area contributed by atoms with Crippen molar-refractivity contribution in [3.8, 4) is 0 Å². The maximum absolute atomic E-state index is 12.2. The van der Waals surface area contributed by atoms with Crippen molar-refractivity contribution in [1.82, 2.24) is 0 Å². The summed E-state index contributed by atoms with van der Waals surface area (Å²) < 4.78 is 10.4. The molecule has 0 atom stereocenters. The number of benzene rings is 1. The minimum absolute atomic E-state index is 0.320. The Labute approximate surface area is 151 Å². The van der Waals surface area contributed by atoms with Crippen molar-refractivity contribution in [2.24, 2.45) is 0 Å². The molecular formula is C19H22N2O3S. The molecule has 1 aromatic carbocycles. The van der Waals surface area contributed by atoms with Gasteiger partial charge in [0.05, 0.1) is 31.6 Å². The molecule has 1 N–H and O–H groups in total. The highest BCUT2D eigenvalue weighted by Gasteiger charge is 2.19. The van der Waals surface area contributed by atoms with Crippen LogP contribution in [-0.4, -0.2) is 45.9 Å². The van der Waals surface area contributed by atoms with Crippen LogP contribution in [0.15, 0.2) is 41.8 Å². The number of ether oxygens (including phenoxy) is 2. The van der Waals surface area contributed by atoms with E-state index in [0.717, 1.165) is 24.5 Å². The van der Waals surface area contributed by atoms with Gasteiger partial charge in [0, 0.05) is 30.2 Å². The molecule has 3 rings (SSSR count). The van der Waals surface area contributed by atoms with Gasteiger partial charge < -0.3 is 19.7 Å². The molecule has 0 radical (unpaired) electrons. The van der Waals surface area contributed by atoms with E-state index in [1.807, 2.05) is 24.3 Å². The third-order valence-corrected chi connectivity index (χ3v) is 4.84. The molecule has 0 bridgehead atoms. The standard InChI is InChI=1S/C19H22N2O3S/c1-23-19(22)17-14-15(20-8-2-4-16-5-3-13-25-16)6-7-18(17)21-9-11-24-12-10-21/h2-7,13-14,20H,8-12H2,1H3/b4-2+. The first-order valence-corrected chi connectivity index (χ1v) is 9.15. The summed E-state index contributed by atoms with van der Waals surface area (Å²) in [6.07, 6.45) is 4.15. The molecule has 5 nitrogen and oxygen atoms in total. The molecule has 2 heterocycles. The number of thiophene rings is 1. The van der Waals surface area contributed by atoms with Gasteiger partial charge in [-0.15, -0.1) is 11.3 Å². The highest BCUT2D eigenvalue weighted by Crippen LogP contribution is 2.26. The van der Waals surface area contributed by atoms with Crippen LogP contribution in [0.5, 0.6) is 0 Å². The van der Waals surface area contributed by atoms with Crippen LogP contribution in [0.1, 0.15) is 15.2 Å². The zero-order chi connectivity index (χ0) is 17.5. The Morgan fingerprint density at radius 1 is 1.36 bits per heavy atom. The van der Waals surface area contributed by atoms with Crippen LogP contribution < -0.4 is 10.2 Å². The van der Waals surface area contributed by atoms with E-state index in [4.69, 9.17) is 9.47 Å². The van der Waals surface area contributed by atoms with Gasteiger partial charge in [-0.3, -0.25) is 0 Å². The van der Waals surface area contributed by atoms with E-state index in [9.17, 15) is 4.79 Å². The lowest BCUT2D eigenvalue weighted by molar-refractivity contribution is 0.0600. The zero-order valence-corrected chi connectivity index (χ0v) is 15.1. The maximum atomic E-state index is 12.2. The summed E-state index contributed by atoms with van der Waals surface area (Å²) in [5, 5.41) is 5.38. The molecule has 1 fully saturated rings. The number of anilines is 2. The zero-order valence-electron chi connectivity index (χ0n) is 14.2. The van der Waals surface area contributed by atoms with Gasteiger partial charge in [-0.1, -0.05) is 12.1 Å². The van der Waals surface area contributed by atoms with Crippen molar-refractivity contribution in [2.45, 2.75) is 0 Å². The number of hydrogen-bond acceptors (Lipinski definition) is 6. The number of carbonyl (C=O) groups is 1. The highest BCUT2D eigenvalue weighted by molar-refractivity contribution is 7.10. The van der Waals surface area contributed by atoms with Crippen LogP contribution in [-0.2, 0) is 9.47 Å². The normalized spacial score (nSPS) is 14.7. The first-order chi connectivity index (χ1) is 12.3. The van der Waals surface area contributed by atoms with Crippen LogP contribution in [0.4, 0.5) is 11.4 Å². The van der Waals surface area contributed by atoms with Gasteiger partial charge in [-0.05, 0) is 35.7 Å². The van der Waals surface area contributed by atoms with Gasteiger partial charge in [0.1, 0.15) is 0 Å². The minimum atomic E-state index is -0.320. The number of methoxy groups -OCH3 is 1. The van der Waals surface area contributed by atoms with Crippen LogP contribution in [0, 0.1) is 0 Å². The largest absolute Gasteiger partial charge is 0.465 e. The third-order valence-electron chi connectivity index (χ3n) is 4.00. The predicted molar refractivity (Wildman–Crippen MR) is 103 cm³/mol. The molecule has 0 saturated carbocycles. The fourth-order valence-corrected chi connectivity index (χ4v) is 3.38. The van der Waals surface area contributed by atoms with E-state index in [2.05, 4.69) is 33.8 Å². The average molecular weight is 358 g/mol. The van der Waals surface area contributed by atoms with E-state index >= 15 is 0 Å². The molecule has 1 saturated heterocycles. The molecule has 0 amide bonds. The number of esters is 1. The number of carbonyl (C=O) groups excluding carboxylic acids is 1. The number of nitrogens with one attached hydrogen (secondary N) is 1. The quantitative estimate of drug-likeness (QED) is 0.801. The molecule has 6 heteroatoms. The second kappa shape index (κ2) is 8.69. The fourth-order valence-electron chi connectivity index (χ4n) is 2.74. The van der Waals surface area contributed by atoms with E-state index in [1.54, 1.807) is 11.3 Å². The van der Waals surface area contributed by atoms with E-state index < -0.39 is 0 Å². The average Bonchev–Trinajstić information content (AvgIpc) is 3.18. The number of rotatable bonds is 6. The van der Waals surface area contributed by atoms with Crippen molar-refractivity contribution in [1.29, 1.82) is 0 Å². The maximum Gasteiger partial charge on any atom is 0.340 e. The van der Waals surface area contributed by atoms with Gasteiger partial charge >= 0.3 is 5.97 Å². The van der Waals surface area contributed by atoms with Gasteiger partial charge in [0.15, 0.2) is 0 Å². The molecule has 0 aliphatic carbocycles. The highest BCUT2D eigenvalue weighted by atomic mass is 32.1. The van der Waals surface area contributed by atoms with Crippen LogP contribution in [0.2, 0.25) is 0 Å². The third kappa shape index (κ3) is 4.61. The van der Waals surface area contributed by atoms with Gasteiger partial charge in [0.25, 0.3) is 0 Å². The second-order valence-electron chi connectivity index (χ2n) is 5.62. The number of nitrogens with zero attached hydrogens (tertiary/aromatic N) is 1. The minimum Gasteiger partial charge on any atom is -0.465 e. The Morgan fingerprint density at radius 3 is 2.92 bits per heavy atom. The fraction of sp³-hybridized carbons (Fsp3) is 0.316. The second-order valence-corrected chi connectivity index (χ2v) is 6.60. The Balaban J connectivity index is 1.71. The summed E-state index contributed by atoms with van der Waals surface area (Å²) in [5.74, 6) is -0.320. The summed E-state index contributed by atoms with van der Waals surface area (Å²) >= 11 is 1.70. The van der Waals surface area contributed by atoms with Crippen molar-refractivity contribution in [2.75, 3.05) is 50.2 Å². The molecule has 1 aliphatic heterocycles. The molecule has 1 aliphatic rings. The lowest BCUT2D eigenvalue weighted by Gasteiger charge is -2.30. The Kier molecular flexibility index (Phi) is 6.09. The lowest BCUT2D eigenvalue weighted by atomic mass is 10.1. The smallest absolute Gasteiger partial charge is 0.340 e. The Hall–Kier alpha value is -2.31. The molecule has 1 aromatic heterocycles. The molecular weight excluding hydrogens is 336 g/mol. The van der Waals surface area contributed by atoms with Crippen LogP contribution >= 0.6 is 11.3 Å². The topological polar surface area (TPSA) is 50.8 Å². The monoisotopic (exact) mass is 358 g/mol. The van der Waals surface area contributed by atoms with E-state index in [1.165, 1.54) is 12.0 Å². The number of hydrogen-bond donors (Lipinski definition) is 1. The first kappa shape index (κ1) is 17.5. The summed E-state index contributed by atoms with van der Waals surface area (Å²) in [6, 6.07) is 9.94. The van der Waals surface area contributed by atoms with Crippen LogP contribution in [0.25, 0.3) is 6.08 Å². The summed E-state index contributed by atoms with van der Waals surface area (Å²) in [7, 11) is 1.41. The van der Waals surface area contributed by atoms with Gasteiger partial charge in [-0.25, -0.2) is 4.79 Å². The summed E-state index contributed by atoms with van der Waals surface area (Å²) in [6.45, 7) is 3.60. The summed E-state index contributed by atoms with van der Waals surface area (Å²) in [5.41, 5.74) is 2.37. The molecule has 132 valence electrons. The molecule has 25 heavy (non-hydrogen) atoms. The van der Waals surface area contributed by atoms with Crippen molar-refractivity contribution in [3.63, 3.8) is 0 Å². The number of morpholine rings is 1. The van der Waals surface area contributed by atoms with Gasteiger partial charge in [-0.2, -0.15) is 0 Å². The SMILES string of the molecule is COC(=O)c1cc(NC/C=C/c2cccs2)ccc1N1CCOCC1.